The Labute approximate surface area is 173 Å². The minimum absolute atomic E-state index is 0.00781. The molecule has 0 aromatic heterocycles. The second-order valence-electron chi connectivity index (χ2n) is 6.43. The number of nitrogens with one attached hydrogen (secondary N) is 3. The second-order valence-corrected chi connectivity index (χ2v) is 6.43. The molecule has 0 radical (unpaired) electrons. The van der Waals surface area contributed by atoms with E-state index in [0.29, 0.717) is 23.7 Å². The molecule has 0 fully saturated rings. The molecule has 2 aromatic carbocycles. The van der Waals surface area contributed by atoms with E-state index < -0.39 is 4.92 Å². The van der Waals surface area contributed by atoms with Crippen LogP contribution >= 0.6 is 0 Å². The number of non-ortho nitro benzene ring substituents is 1. The summed E-state index contributed by atoms with van der Waals surface area (Å²) in [6.45, 7) is 2.47. The highest BCUT2D eigenvalue weighted by atomic mass is 16.6. The molecule has 0 aliphatic carbocycles. The Bertz CT molecular complexity index is 918. The summed E-state index contributed by atoms with van der Waals surface area (Å²) in [6.07, 6.45) is 0. The van der Waals surface area contributed by atoms with Crippen LogP contribution < -0.4 is 25.0 Å². The van der Waals surface area contributed by atoms with Crippen molar-refractivity contribution >= 4 is 28.9 Å². The van der Waals surface area contributed by atoms with Gasteiger partial charge in [0.1, 0.15) is 11.5 Å². The molecule has 10 heteroatoms. The number of quaternary nitrogens is 1. The van der Waals surface area contributed by atoms with Gasteiger partial charge in [0.25, 0.3) is 17.5 Å². The van der Waals surface area contributed by atoms with Gasteiger partial charge in [0.05, 0.1) is 31.4 Å². The number of carbonyl (C=O) groups excluding carboxylic acids is 2. The molecule has 2 aromatic rings. The SMILES string of the molecule is CC[NH+](CC(=O)Nc1cccc(OC)c1)CC(=O)Nc1cc([N+](=O)[O-])ccc1OC. The van der Waals surface area contributed by atoms with E-state index in [2.05, 4.69) is 10.6 Å². The zero-order chi connectivity index (χ0) is 22.1. The van der Waals surface area contributed by atoms with Gasteiger partial charge in [-0.1, -0.05) is 6.07 Å². The number of nitro benzene ring substituents is 1. The van der Waals surface area contributed by atoms with Crippen LogP contribution in [0.25, 0.3) is 0 Å². The highest BCUT2D eigenvalue weighted by Gasteiger charge is 2.19. The Balaban J connectivity index is 1.98. The smallest absolute Gasteiger partial charge is 0.279 e. The van der Waals surface area contributed by atoms with Gasteiger partial charge in [0.2, 0.25) is 0 Å². The summed E-state index contributed by atoms with van der Waals surface area (Å²) in [5.74, 6) is 0.293. The molecule has 2 amide bonds. The van der Waals surface area contributed by atoms with E-state index in [-0.39, 0.29) is 36.3 Å². The Morgan fingerprint density at radius 3 is 2.33 bits per heavy atom. The third-order valence-corrected chi connectivity index (χ3v) is 4.34. The van der Waals surface area contributed by atoms with Crippen molar-refractivity contribution in [1.82, 2.24) is 0 Å². The normalized spacial score (nSPS) is 11.3. The first-order valence-electron chi connectivity index (χ1n) is 9.26. The molecular weight excluding hydrogens is 392 g/mol. The van der Waals surface area contributed by atoms with Crippen molar-refractivity contribution in [2.45, 2.75) is 6.92 Å². The fraction of sp³-hybridized carbons (Fsp3) is 0.300. The van der Waals surface area contributed by atoms with Crippen molar-refractivity contribution in [2.75, 3.05) is 44.5 Å². The molecule has 10 nitrogen and oxygen atoms in total. The number of ether oxygens (including phenoxy) is 2. The predicted octanol–water partition coefficient (Wildman–Crippen LogP) is 1.09. The Morgan fingerprint density at radius 1 is 1.03 bits per heavy atom. The molecule has 0 aliphatic heterocycles. The van der Waals surface area contributed by atoms with E-state index in [1.807, 2.05) is 6.92 Å². The molecule has 0 bridgehead atoms. The number of nitro groups is 1. The van der Waals surface area contributed by atoms with Gasteiger partial charge in [-0.25, -0.2) is 0 Å². The number of methoxy groups -OCH3 is 2. The van der Waals surface area contributed by atoms with Crippen LogP contribution in [0.3, 0.4) is 0 Å². The second kappa shape index (κ2) is 10.8. The lowest BCUT2D eigenvalue weighted by Crippen LogP contribution is -3.13. The standard InChI is InChI=1S/C20H24N4O6/c1-4-23(12-19(25)21-14-6-5-7-16(10-14)29-2)13-20(26)22-17-11-15(24(27)28)8-9-18(17)30-3/h5-11H,4,12-13H2,1-3H3,(H,21,25)(H,22,26)/p+1. The number of nitrogens with zero attached hydrogens (tertiary/aromatic N) is 1. The van der Waals surface area contributed by atoms with E-state index in [1.54, 1.807) is 31.4 Å². The number of likely N-dealkylation sites (N-methyl/N-ethyl adjacent to an activating group) is 1. The van der Waals surface area contributed by atoms with E-state index in [1.165, 1.54) is 25.3 Å². The highest BCUT2D eigenvalue weighted by Crippen LogP contribution is 2.28. The maximum atomic E-state index is 12.4. The lowest BCUT2D eigenvalue weighted by atomic mass is 10.2. The average molecular weight is 417 g/mol. The summed E-state index contributed by atoms with van der Waals surface area (Å²) in [6, 6.07) is 10.9. The summed E-state index contributed by atoms with van der Waals surface area (Å²) in [5.41, 5.74) is 0.636. The first-order chi connectivity index (χ1) is 14.4. The fourth-order valence-electron chi connectivity index (χ4n) is 2.77. The van der Waals surface area contributed by atoms with Crippen molar-refractivity contribution in [3.63, 3.8) is 0 Å². The minimum atomic E-state index is -0.554. The number of hydrogen-bond acceptors (Lipinski definition) is 6. The van der Waals surface area contributed by atoms with Gasteiger partial charge < -0.3 is 25.0 Å². The quantitative estimate of drug-likeness (QED) is 0.393. The van der Waals surface area contributed by atoms with Crippen LogP contribution in [0.2, 0.25) is 0 Å². The molecule has 0 saturated heterocycles. The fourth-order valence-corrected chi connectivity index (χ4v) is 2.77. The Kier molecular flexibility index (Phi) is 8.12. The largest absolute Gasteiger partial charge is 0.497 e. The number of amides is 2. The summed E-state index contributed by atoms with van der Waals surface area (Å²) in [7, 11) is 2.95. The minimum Gasteiger partial charge on any atom is -0.497 e. The summed E-state index contributed by atoms with van der Waals surface area (Å²) in [5, 5.41) is 16.4. The monoisotopic (exact) mass is 417 g/mol. The lowest BCUT2D eigenvalue weighted by Gasteiger charge is -2.17. The van der Waals surface area contributed by atoms with Gasteiger partial charge in [-0.15, -0.1) is 0 Å². The lowest BCUT2D eigenvalue weighted by molar-refractivity contribution is -0.881. The molecule has 1 atom stereocenters. The van der Waals surface area contributed by atoms with Crippen LogP contribution in [0.4, 0.5) is 17.1 Å². The first-order valence-corrected chi connectivity index (χ1v) is 9.26. The molecule has 0 aliphatic rings. The van der Waals surface area contributed by atoms with Gasteiger partial charge in [-0.3, -0.25) is 19.7 Å². The topological polar surface area (TPSA) is 124 Å². The van der Waals surface area contributed by atoms with Gasteiger partial charge in [-0.05, 0) is 25.1 Å². The van der Waals surface area contributed by atoms with Crippen LogP contribution in [0.15, 0.2) is 42.5 Å². The molecular formula is C20H25N4O6+. The third kappa shape index (κ3) is 6.45. The number of rotatable bonds is 10. The summed E-state index contributed by atoms with van der Waals surface area (Å²) >= 11 is 0. The van der Waals surface area contributed by atoms with Crippen molar-refractivity contribution in [1.29, 1.82) is 0 Å². The van der Waals surface area contributed by atoms with E-state index >= 15 is 0 Å². The first kappa shape index (κ1) is 22.6. The molecule has 0 spiro atoms. The average Bonchev–Trinajstić information content (AvgIpc) is 2.73. The predicted molar refractivity (Wildman–Crippen MR) is 111 cm³/mol. The zero-order valence-corrected chi connectivity index (χ0v) is 17.1. The van der Waals surface area contributed by atoms with Crippen LogP contribution in [-0.2, 0) is 9.59 Å². The molecule has 30 heavy (non-hydrogen) atoms. The van der Waals surface area contributed by atoms with Crippen LogP contribution in [0.5, 0.6) is 11.5 Å². The van der Waals surface area contributed by atoms with Crippen molar-refractivity contribution in [2.24, 2.45) is 0 Å². The molecule has 3 N–H and O–H groups in total. The van der Waals surface area contributed by atoms with Gasteiger partial charge in [0, 0.05) is 23.9 Å². The Hall–Kier alpha value is -3.66. The third-order valence-electron chi connectivity index (χ3n) is 4.34. The van der Waals surface area contributed by atoms with Gasteiger partial charge >= 0.3 is 0 Å². The van der Waals surface area contributed by atoms with Gasteiger partial charge in [-0.2, -0.15) is 0 Å². The molecule has 2 rings (SSSR count). The van der Waals surface area contributed by atoms with Crippen molar-refractivity contribution in [3.05, 3.63) is 52.6 Å². The molecule has 1 unspecified atom stereocenters. The van der Waals surface area contributed by atoms with E-state index in [4.69, 9.17) is 9.47 Å². The van der Waals surface area contributed by atoms with E-state index in [9.17, 15) is 19.7 Å². The number of benzene rings is 2. The Morgan fingerprint density at radius 2 is 1.73 bits per heavy atom. The maximum absolute atomic E-state index is 12.4. The number of anilines is 2. The van der Waals surface area contributed by atoms with Crippen molar-refractivity contribution in [3.8, 4) is 11.5 Å². The number of hydrogen-bond donors (Lipinski definition) is 3. The summed E-state index contributed by atoms with van der Waals surface area (Å²) in [4.78, 5) is 35.9. The zero-order valence-electron chi connectivity index (χ0n) is 17.1. The van der Waals surface area contributed by atoms with Crippen molar-refractivity contribution < 1.29 is 28.9 Å². The van der Waals surface area contributed by atoms with Crippen LogP contribution in [0, 0.1) is 10.1 Å². The van der Waals surface area contributed by atoms with Gasteiger partial charge in [0.15, 0.2) is 13.1 Å². The molecule has 0 saturated carbocycles. The highest BCUT2D eigenvalue weighted by molar-refractivity contribution is 5.94. The van der Waals surface area contributed by atoms with Crippen LogP contribution in [0.1, 0.15) is 6.92 Å². The van der Waals surface area contributed by atoms with E-state index in [0.717, 1.165) is 4.90 Å². The summed E-state index contributed by atoms with van der Waals surface area (Å²) < 4.78 is 10.3. The number of carbonyl (C=O) groups is 2. The molecule has 0 heterocycles. The maximum Gasteiger partial charge on any atom is 0.279 e. The molecule has 160 valence electrons. The van der Waals surface area contributed by atoms with Crippen LogP contribution in [-0.4, -0.2) is 50.6 Å².